The van der Waals surface area contributed by atoms with Crippen LogP contribution in [0.4, 0.5) is 0 Å². The molecule has 1 N–H and O–H groups in total. The number of hydrogen-bond donors (Lipinski definition) is 1. The van der Waals surface area contributed by atoms with Crippen molar-refractivity contribution in [1.29, 1.82) is 0 Å². The van der Waals surface area contributed by atoms with E-state index in [1.165, 1.54) is 12.8 Å². The Morgan fingerprint density at radius 3 is 2.38 bits per heavy atom. The molecule has 0 radical (unpaired) electrons. The van der Waals surface area contributed by atoms with Crippen LogP contribution in [0.15, 0.2) is 0 Å². The van der Waals surface area contributed by atoms with Gasteiger partial charge in [0, 0.05) is 18.1 Å². The maximum Gasteiger partial charge on any atom is 0.0274 e. The molecule has 1 aliphatic rings. The molecule has 0 aromatic rings. The summed E-state index contributed by atoms with van der Waals surface area (Å²) in [4.78, 5) is 2.56. The summed E-state index contributed by atoms with van der Waals surface area (Å²) in [6.07, 6.45) is 2.71. The molecule has 1 rings (SSSR count). The molecule has 2 nitrogen and oxygen atoms in total. The third-order valence-electron chi connectivity index (χ3n) is 4.18. The molecule has 0 saturated heterocycles. The number of nitrogens with one attached hydrogen (secondary N) is 1. The van der Waals surface area contributed by atoms with Crippen molar-refractivity contribution in [1.82, 2.24) is 10.2 Å². The minimum absolute atomic E-state index is 0.641. The van der Waals surface area contributed by atoms with Crippen LogP contribution >= 0.6 is 0 Å². The van der Waals surface area contributed by atoms with Crippen LogP contribution in [0.25, 0.3) is 0 Å². The lowest BCUT2D eigenvalue weighted by molar-refractivity contribution is 0.0609. The van der Waals surface area contributed by atoms with Gasteiger partial charge in [-0.2, -0.15) is 0 Å². The lowest BCUT2D eigenvalue weighted by Crippen LogP contribution is -2.57. The fourth-order valence-electron chi connectivity index (χ4n) is 3.34. The molecule has 1 saturated carbocycles. The Balaban J connectivity index is 2.74. The first-order valence-corrected chi connectivity index (χ1v) is 6.92. The van der Waals surface area contributed by atoms with Gasteiger partial charge in [0.2, 0.25) is 0 Å². The molecule has 1 aliphatic carbocycles. The highest BCUT2D eigenvalue weighted by molar-refractivity contribution is 4.93. The highest BCUT2D eigenvalue weighted by Gasteiger charge is 2.36. The van der Waals surface area contributed by atoms with Crippen molar-refractivity contribution >= 4 is 0 Å². The molecule has 16 heavy (non-hydrogen) atoms. The Kier molecular flexibility index (Phi) is 5.26. The van der Waals surface area contributed by atoms with Gasteiger partial charge in [-0.1, -0.05) is 20.8 Å². The minimum atomic E-state index is 0.641. The van der Waals surface area contributed by atoms with Gasteiger partial charge >= 0.3 is 0 Å². The van der Waals surface area contributed by atoms with E-state index in [2.05, 4.69) is 51.9 Å². The summed E-state index contributed by atoms with van der Waals surface area (Å²) in [5.74, 6) is 1.68. The second kappa shape index (κ2) is 6.02. The van der Waals surface area contributed by atoms with Gasteiger partial charge in [-0.3, -0.25) is 4.90 Å². The van der Waals surface area contributed by atoms with Crippen molar-refractivity contribution in [3.05, 3.63) is 0 Å². The van der Waals surface area contributed by atoms with Gasteiger partial charge in [-0.25, -0.2) is 0 Å². The van der Waals surface area contributed by atoms with Crippen molar-refractivity contribution in [3.8, 4) is 0 Å². The van der Waals surface area contributed by atoms with Crippen LogP contribution in [0.1, 0.15) is 47.5 Å². The second-order valence-electron chi connectivity index (χ2n) is 5.97. The topological polar surface area (TPSA) is 15.3 Å². The standard InChI is InChI=1S/C14H30N2/c1-7-15-13-9-11(4)8-12(5)14(13)16(6)10(2)3/h10-15H,7-9H2,1-6H3. The first-order valence-electron chi connectivity index (χ1n) is 6.92. The summed E-state index contributed by atoms with van der Waals surface area (Å²) in [5, 5.41) is 3.69. The molecule has 0 aliphatic heterocycles. The SMILES string of the molecule is CCNC1CC(C)CC(C)C1N(C)C(C)C. The predicted octanol–water partition coefficient (Wildman–Crippen LogP) is 2.74. The molecule has 0 spiro atoms. The fourth-order valence-corrected chi connectivity index (χ4v) is 3.34. The van der Waals surface area contributed by atoms with Gasteiger partial charge in [0.15, 0.2) is 0 Å². The average molecular weight is 226 g/mol. The van der Waals surface area contributed by atoms with Gasteiger partial charge in [0.25, 0.3) is 0 Å². The third kappa shape index (κ3) is 3.21. The highest BCUT2D eigenvalue weighted by Crippen LogP contribution is 2.32. The van der Waals surface area contributed by atoms with E-state index in [0.717, 1.165) is 18.4 Å². The van der Waals surface area contributed by atoms with E-state index in [0.29, 0.717) is 18.1 Å². The van der Waals surface area contributed by atoms with Crippen molar-refractivity contribution in [3.63, 3.8) is 0 Å². The highest BCUT2D eigenvalue weighted by atomic mass is 15.2. The van der Waals surface area contributed by atoms with Gasteiger partial charge in [-0.15, -0.1) is 0 Å². The van der Waals surface area contributed by atoms with Crippen molar-refractivity contribution in [2.75, 3.05) is 13.6 Å². The molecule has 0 heterocycles. The maximum absolute atomic E-state index is 3.69. The lowest BCUT2D eigenvalue weighted by atomic mass is 9.75. The van der Waals surface area contributed by atoms with Crippen LogP contribution < -0.4 is 5.32 Å². The zero-order valence-electron chi connectivity index (χ0n) is 12.0. The van der Waals surface area contributed by atoms with Crippen LogP contribution in [0.3, 0.4) is 0 Å². The van der Waals surface area contributed by atoms with Gasteiger partial charge in [0.05, 0.1) is 0 Å². The summed E-state index contributed by atoms with van der Waals surface area (Å²) in [6.45, 7) is 12.7. The van der Waals surface area contributed by atoms with Crippen LogP contribution in [0, 0.1) is 11.8 Å². The zero-order chi connectivity index (χ0) is 12.3. The van der Waals surface area contributed by atoms with Crippen LogP contribution in [0.2, 0.25) is 0 Å². The summed E-state index contributed by atoms with van der Waals surface area (Å²) in [5.41, 5.74) is 0. The van der Waals surface area contributed by atoms with Crippen LogP contribution in [-0.4, -0.2) is 36.6 Å². The number of rotatable bonds is 4. The zero-order valence-corrected chi connectivity index (χ0v) is 12.0. The average Bonchev–Trinajstić information content (AvgIpc) is 2.16. The van der Waals surface area contributed by atoms with E-state index in [4.69, 9.17) is 0 Å². The molecule has 0 amide bonds. The normalized spacial score (nSPS) is 36.0. The van der Waals surface area contributed by atoms with E-state index in [-0.39, 0.29) is 0 Å². The molecule has 4 unspecified atom stereocenters. The molecule has 96 valence electrons. The molecule has 2 heteroatoms. The molecule has 4 atom stereocenters. The van der Waals surface area contributed by atoms with Crippen LogP contribution in [-0.2, 0) is 0 Å². The number of hydrogen-bond acceptors (Lipinski definition) is 2. The monoisotopic (exact) mass is 226 g/mol. The largest absolute Gasteiger partial charge is 0.313 e. The Hall–Kier alpha value is -0.0800. The first-order chi connectivity index (χ1) is 7.47. The molecular weight excluding hydrogens is 196 g/mol. The van der Waals surface area contributed by atoms with E-state index in [1.54, 1.807) is 0 Å². The van der Waals surface area contributed by atoms with Crippen molar-refractivity contribution < 1.29 is 0 Å². The Bertz CT molecular complexity index is 203. The predicted molar refractivity (Wildman–Crippen MR) is 71.7 cm³/mol. The van der Waals surface area contributed by atoms with Crippen molar-refractivity contribution in [2.24, 2.45) is 11.8 Å². The minimum Gasteiger partial charge on any atom is -0.313 e. The molecular formula is C14H30N2. The van der Waals surface area contributed by atoms with E-state index in [9.17, 15) is 0 Å². The van der Waals surface area contributed by atoms with Gasteiger partial charge in [-0.05, 0) is 52.1 Å². The number of likely N-dealkylation sites (N-methyl/N-ethyl adjacent to an activating group) is 2. The van der Waals surface area contributed by atoms with Crippen molar-refractivity contribution in [2.45, 2.75) is 65.6 Å². The molecule has 1 fully saturated rings. The van der Waals surface area contributed by atoms with E-state index >= 15 is 0 Å². The smallest absolute Gasteiger partial charge is 0.0274 e. The Labute approximate surface area is 102 Å². The summed E-state index contributed by atoms with van der Waals surface area (Å²) in [7, 11) is 2.28. The van der Waals surface area contributed by atoms with Gasteiger partial charge < -0.3 is 5.32 Å². The van der Waals surface area contributed by atoms with E-state index < -0.39 is 0 Å². The summed E-state index contributed by atoms with van der Waals surface area (Å²) < 4.78 is 0. The summed E-state index contributed by atoms with van der Waals surface area (Å²) >= 11 is 0. The number of nitrogens with zero attached hydrogens (tertiary/aromatic N) is 1. The lowest BCUT2D eigenvalue weighted by Gasteiger charge is -2.46. The van der Waals surface area contributed by atoms with E-state index in [1.807, 2.05) is 0 Å². The molecule has 0 bridgehead atoms. The maximum atomic E-state index is 3.69. The second-order valence-corrected chi connectivity index (χ2v) is 5.97. The van der Waals surface area contributed by atoms with Gasteiger partial charge in [0.1, 0.15) is 0 Å². The molecule has 0 aromatic carbocycles. The Morgan fingerprint density at radius 2 is 1.88 bits per heavy atom. The third-order valence-corrected chi connectivity index (χ3v) is 4.18. The summed E-state index contributed by atoms with van der Waals surface area (Å²) in [6, 6.07) is 2.02. The quantitative estimate of drug-likeness (QED) is 0.793. The fraction of sp³-hybridized carbons (Fsp3) is 1.00. The Morgan fingerprint density at radius 1 is 1.25 bits per heavy atom. The van der Waals surface area contributed by atoms with Crippen LogP contribution in [0.5, 0.6) is 0 Å². The first kappa shape index (κ1) is 14.0. The molecule has 0 aromatic heterocycles.